The van der Waals surface area contributed by atoms with Crippen LogP contribution in [-0.4, -0.2) is 21.0 Å². The highest BCUT2D eigenvalue weighted by Gasteiger charge is 2.30. The Morgan fingerprint density at radius 2 is 2.15 bits per heavy atom. The van der Waals surface area contributed by atoms with Gasteiger partial charge >= 0.3 is 5.97 Å². The van der Waals surface area contributed by atoms with E-state index >= 15 is 0 Å². The quantitative estimate of drug-likeness (QED) is 0.940. The fourth-order valence-electron chi connectivity index (χ4n) is 2.00. The van der Waals surface area contributed by atoms with Crippen LogP contribution in [0, 0.1) is 5.82 Å². The number of rotatable bonds is 3. The summed E-state index contributed by atoms with van der Waals surface area (Å²) in [4.78, 5) is 19.5. The van der Waals surface area contributed by atoms with Gasteiger partial charge in [-0.05, 0) is 31.0 Å². The summed E-state index contributed by atoms with van der Waals surface area (Å²) < 4.78 is 13.2. The van der Waals surface area contributed by atoms with Crippen LogP contribution >= 0.6 is 11.6 Å². The van der Waals surface area contributed by atoms with Crippen LogP contribution in [0.15, 0.2) is 24.4 Å². The number of benzene rings is 1. The molecular formula is C14H10ClFN2O2. The summed E-state index contributed by atoms with van der Waals surface area (Å²) in [6, 6.07) is 4.19. The molecule has 3 rings (SSSR count). The second-order valence-corrected chi connectivity index (χ2v) is 5.11. The summed E-state index contributed by atoms with van der Waals surface area (Å²) >= 11 is 5.74. The number of hydrogen-bond donors (Lipinski definition) is 1. The van der Waals surface area contributed by atoms with E-state index in [4.69, 9.17) is 16.7 Å². The molecule has 0 bridgehead atoms. The first-order valence-electron chi connectivity index (χ1n) is 6.12. The van der Waals surface area contributed by atoms with Crippen molar-refractivity contribution in [2.24, 2.45) is 0 Å². The molecule has 0 atom stereocenters. The minimum Gasteiger partial charge on any atom is -0.478 e. The number of carboxylic acids is 1. The Hall–Kier alpha value is -2.01. The molecule has 6 heteroatoms. The van der Waals surface area contributed by atoms with Crippen molar-refractivity contribution < 1.29 is 14.3 Å². The zero-order valence-electron chi connectivity index (χ0n) is 10.3. The van der Waals surface area contributed by atoms with Crippen molar-refractivity contribution in [2.75, 3.05) is 0 Å². The maximum atomic E-state index is 13.2. The molecule has 2 aromatic rings. The van der Waals surface area contributed by atoms with Crippen molar-refractivity contribution in [2.45, 2.75) is 18.8 Å². The largest absolute Gasteiger partial charge is 0.478 e. The first kappa shape index (κ1) is 13.0. The second-order valence-electron chi connectivity index (χ2n) is 4.70. The topological polar surface area (TPSA) is 63.1 Å². The minimum atomic E-state index is -1.03. The molecule has 1 heterocycles. The molecule has 1 aliphatic rings. The summed E-state index contributed by atoms with van der Waals surface area (Å²) in [5, 5.41) is 9.12. The third kappa shape index (κ3) is 2.36. The van der Waals surface area contributed by atoms with Gasteiger partial charge in [-0.2, -0.15) is 0 Å². The molecule has 1 N–H and O–H groups in total. The van der Waals surface area contributed by atoms with Gasteiger partial charge in [-0.3, -0.25) is 0 Å². The van der Waals surface area contributed by atoms with Gasteiger partial charge in [0.25, 0.3) is 0 Å². The smallest absolute Gasteiger partial charge is 0.339 e. The number of aromatic nitrogens is 2. The molecule has 0 unspecified atom stereocenters. The van der Waals surface area contributed by atoms with E-state index in [1.165, 1.54) is 24.4 Å². The maximum absolute atomic E-state index is 13.2. The molecule has 1 aliphatic carbocycles. The lowest BCUT2D eigenvalue weighted by Gasteiger charge is -2.07. The lowest BCUT2D eigenvalue weighted by Crippen LogP contribution is -2.06. The molecule has 1 aromatic heterocycles. The first-order valence-corrected chi connectivity index (χ1v) is 6.49. The van der Waals surface area contributed by atoms with E-state index in [2.05, 4.69) is 9.97 Å². The van der Waals surface area contributed by atoms with Crippen molar-refractivity contribution in [1.29, 1.82) is 0 Å². The molecule has 0 aliphatic heterocycles. The van der Waals surface area contributed by atoms with Crippen LogP contribution in [0.5, 0.6) is 0 Å². The second kappa shape index (κ2) is 4.83. The third-order valence-corrected chi connectivity index (χ3v) is 3.48. The number of nitrogens with zero attached hydrogens (tertiary/aromatic N) is 2. The van der Waals surface area contributed by atoms with Crippen LogP contribution in [0.4, 0.5) is 4.39 Å². The summed E-state index contributed by atoms with van der Waals surface area (Å²) in [7, 11) is 0. The lowest BCUT2D eigenvalue weighted by molar-refractivity contribution is 0.0694. The molecule has 0 spiro atoms. The molecule has 102 valence electrons. The zero-order chi connectivity index (χ0) is 14.3. The van der Waals surface area contributed by atoms with Crippen LogP contribution in [0.25, 0.3) is 11.4 Å². The molecular weight excluding hydrogens is 283 g/mol. The molecule has 1 fully saturated rings. The normalized spacial score (nSPS) is 14.3. The molecule has 20 heavy (non-hydrogen) atoms. The number of hydrogen-bond acceptors (Lipinski definition) is 3. The van der Waals surface area contributed by atoms with E-state index in [0.717, 1.165) is 12.8 Å². The average Bonchev–Trinajstić information content (AvgIpc) is 3.25. The third-order valence-electron chi connectivity index (χ3n) is 3.19. The molecule has 0 radical (unpaired) electrons. The van der Waals surface area contributed by atoms with Crippen molar-refractivity contribution in [1.82, 2.24) is 9.97 Å². The van der Waals surface area contributed by atoms with Gasteiger partial charge in [0.15, 0.2) is 5.82 Å². The van der Waals surface area contributed by atoms with Gasteiger partial charge in [-0.25, -0.2) is 19.2 Å². The lowest BCUT2D eigenvalue weighted by atomic mass is 10.1. The Bertz CT molecular complexity index is 702. The van der Waals surface area contributed by atoms with Crippen molar-refractivity contribution in [3.05, 3.63) is 46.5 Å². The molecule has 1 aromatic carbocycles. The Labute approximate surface area is 119 Å². The predicted molar refractivity (Wildman–Crippen MR) is 71.4 cm³/mol. The van der Waals surface area contributed by atoms with E-state index in [0.29, 0.717) is 17.1 Å². The monoisotopic (exact) mass is 292 g/mol. The fourth-order valence-corrected chi connectivity index (χ4v) is 2.18. The van der Waals surface area contributed by atoms with Crippen molar-refractivity contribution in [3.8, 4) is 11.4 Å². The minimum absolute atomic E-state index is 0.0126. The molecule has 1 saturated carbocycles. The SMILES string of the molecule is O=C(O)c1cnc(-c2ccc(F)c(Cl)c2)nc1C1CC1. The van der Waals surface area contributed by atoms with Crippen LogP contribution < -0.4 is 0 Å². The summed E-state index contributed by atoms with van der Waals surface area (Å²) in [6.45, 7) is 0. The number of carboxylic acid groups (broad SMARTS) is 1. The Balaban J connectivity index is 2.08. The number of aromatic carboxylic acids is 1. The predicted octanol–water partition coefficient (Wildman–Crippen LogP) is 3.51. The molecule has 0 saturated heterocycles. The first-order chi connectivity index (χ1) is 9.56. The zero-order valence-corrected chi connectivity index (χ0v) is 11.1. The van der Waals surface area contributed by atoms with Gasteiger partial charge in [-0.15, -0.1) is 0 Å². The number of halogens is 2. The van der Waals surface area contributed by atoms with Gasteiger partial charge in [-0.1, -0.05) is 11.6 Å². The average molecular weight is 293 g/mol. The van der Waals surface area contributed by atoms with E-state index in [1.807, 2.05) is 0 Å². The van der Waals surface area contributed by atoms with Gasteiger partial charge < -0.3 is 5.11 Å². The van der Waals surface area contributed by atoms with E-state index in [9.17, 15) is 9.18 Å². The Morgan fingerprint density at radius 3 is 2.75 bits per heavy atom. The highest BCUT2D eigenvalue weighted by atomic mass is 35.5. The van der Waals surface area contributed by atoms with E-state index in [-0.39, 0.29) is 16.5 Å². The Morgan fingerprint density at radius 1 is 1.40 bits per heavy atom. The fraction of sp³-hybridized carbons (Fsp3) is 0.214. The van der Waals surface area contributed by atoms with Gasteiger partial charge in [0, 0.05) is 17.7 Å². The van der Waals surface area contributed by atoms with Crippen LogP contribution in [0.1, 0.15) is 34.8 Å². The molecule has 0 amide bonds. The van der Waals surface area contributed by atoms with Crippen LogP contribution in [0.2, 0.25) is 5.02 Å². The van der Waals surface area contributed by atoms with Crippen molar-refractivity contribution in [3.63, 3.8) is 0 Å². The van der Waals surface area contributed by atoms with Gasteiger partial charge in [0.05, 0.1) is 16.3 Å². The van der Waals surface area contributed by atoms with Crippen LogP contribution in [-0.2, 0) is 0 Å². The van der Waals surface area contributed by atoms with Gasteiger partial charge in [0.2, 0.25) is 0 Å². The van der Waals surface area contributed by atoms with Crippen LogP contribution in [0.3, 0.4) is 0 Å². The van der Waals surface area contributed by atoms with Crippen molar-refractivity contribution >= 4 is 17.6 Å². The number of carbonyl (C=O) groups is 1. The highest BCUT2D eigenvalue weighted by Crippen LogP contribution is 2.41. The standard InChI is InChI=1S/C14H10ClFN2O2/c15-10-5-8(3-4-11(10)16)13-17-6-9(14(19)20)12(18-13)7-1-2-7/h3-7H,1-2H2,(H,19,20). The van der Waals surface area contributed by atoms with Gasteiger partial charge in [0.1, 0.15) is 5.82 Å². The Kier molecular flexibility index (Phi) is 3.14. The molecule has 4 nitrogen and oxygen atoms in total. The summed E-state index contributed by atoms with van der Waals surface area (Å²) in [5.41, 5.74) is 1.24. The van der Waals surface area contributed by atoms with E-state index in [1.54, 1.807) is 0 Å². The van der Waals surface area contributed by atoms with E-state index < -0.39 is 11.8 Å². The summed E-state index contributed by atoms with van der Waals surface area (Å²) in [5.74, 6) is -1.01. The highest BCUT2D eigenvalue weighted by molar-refractivity contribution is 6.31. The summed E-state index contributed by atoms with van der Waals surface area (Å²) in [6.07, 6.45) is 3.16. The maximum Gasteiger partial charge on any atom is 0.339 e.